The summed E-state index contributed by atoms with van der Waals surface area (Å²) in [6.07, 6.45) is 1.68. The van der Waals surface area contributed by atoms with Gasteiger partial charge in [-0.15, -0.1) is 0 Å². The highest BCUT2D eigenvalue weighted by Crippen LogP contribution is 2.21. The van der Waals surface area contributed by atoms with E-state index in [2.05, 4.69) is 5.32 Å². The number of hydrogen-bond donors (Lipinski definition) is 1. The van der Waals surface area contributed by atoms with E-state index in [-0.39, 0.29) is 17.9 Å². The highest BCUT2D eigenvalue weighted by Gasteiger charge is 2.30. The van der Waals surface area contributed by atoms with Gasteiger partial charge in [-0.1, -0.05) is 30.3 Å². The third kappa shape index (κ3) is 5.75. The Hall–Kier alpha value is -3.02. The molecule has 0 bridgehead atoms. The van der Waals surface area contributed by atoms with Gasteiger partial charge in [-0.25, -0.2) is 4.79 Å². The van der Waals surface area contributed by atoms with Crippen molar-refractivity contribution in [2.75, 3.05) is 31.5 Å². The maximum atomic E-state index is 12.7. The number of amides is 3. The zero-order chi connectivity index (χ0) is 21.3. The Balaban J connectivity index is 1.52. The van der Waals surface area contributed by atoms with Gasteiger partial charge in [0.25, 0.3) is 0 Å². The molecule has 6 heteroatoms. The van der Waals surface area contributed by atoms with E-state index in [1.165, 1.54) is 0 Å². The molecule has 1 aliphatic rings. The number of rotatable bonds is 7. The number of carbonyl (C=O) groups excluding carboxylic acids is 2. The highest BCUT2D eigenvalue weighted by molar-refractivity contribution is 5.90. The normalized spacial score (nSPS) is 16.1. The number of carbonyl (C=O) groups is 2. The molecule has 2 aromatic rings. The van der Waals surface area contributed by atoms with Crippen molar-refractivity contribution in [1.82, 2.24) is 9.80 Å². The van der Waals surface area contributed by atoms with Gasteiger partial charge in [0.2, 0.25) is 5.91 Å². The second-order valence-electron chi connectivity index (χ2n) is 7.52. The number of hydrogen-bond acceptors (Lipinski definition) is 3. The smallest absolute Gasteiger partial charge is 0.321 e. The molecule has 3 amide bonds. The zero-order valence-electron chi connectivity index (χ0n) is 17.8. The van der Waals surface area contributed by atoms with E-state index >= 15 is 0 Å². The monoisotopic (exact) mass is 409 g/mol. The Bertz CT molecular complexity index is 819. The zero-order valence-corrected chi connectivity index (χ0v) is 17.8. The van der Waals surface area contributed by atoms with Gasteiger partial charge in [0.15, 0.2) is 0 Å². The molecule has 1 aliphatic heterocycles. The lowest BCUT2D eigenvalue weighted by atomic mass is 9.96. The summed E-state index contributed by atoms with van der Waals surface area (Å²) in [6, 6.07) is 17.2. The van der Waals surface area contributed by atoms with Crippen LogP contribution in [0.15, 0.2) is 54.6 Å². The summed E-state index contributed by atoms with van der Waals surface area (Å²) >= 11 is 0. The Labute approximate surface area is 178 Å². The van der Waals surface area contributed by atoms with Crippen LogP contribution in [0.2, 0.25) is 0 Å². The summed E-state index contributed by atoms with van der Waals surface area (Å²) in [7, 11) is 0. The third-order valence-corrected chi connectivity index (χ3v) is 5.49. The van der Waals surface area contributed by atoms with Gasteiger partial charge in [0, 0.05) is 31.9 Å². The van der Waals surface area contributed by atoms with E-state index in [0.29, 0.717) is 38.5 Å². The Morgan fingerprint density at radius 1 is 1.07 bits per heavy atom. The van der Waals surface area contributed by atoms with E-state index in [4.69, 9.17) is 4.74 Å². The van der Waals surface area contributed by atoms with E-state index in [0.717, 1.165) is 24.2 Å². The predicted molar refractivity (Wildman–Crippen MR) is 118 cm³/mol. The van der Waals surface area contributed by atoms with Crippen LogP contribution in [0.3, 0.4) is 0 Å². The molecule has 30 heavy (non-hydrogen) atoms. The van der Waals surface area contributed by atoms with Gasteiger partial charge in [-0.05, 0) is 56.5 Å². The van der Waals surface area contributed by atoms with Crippen LogP contribution in [0.1, 0.15) is 32.3 Å². The average Bonchev–Trinajstić information content (AvgIpc) is 2.80. The quantitative estimate of drug-likeness (QED) is 0.738. The SMILES string of the molecule is CCN(CC)C(=O)C1CCCN(C(=O)Nc2ccc(OCc3ccccc3)cc2)C1. The first-order chi connectivity index (χ1) is 14.6. The van der Waals surface area contributed by atoms with Gasteiger partial charge >= 0.3 is 6.03 Å². The van der Waals surface area contributed by atoms with Gasteiger partial charge in [0.05, 0.1) is 5.92 Å². The number of ether oxygens (including phenoxy) is 1. The topological polar surface area (TPSA) is 61.9 Å². The summed E-state index contributed by atoms with van der Waals surface area (Å²) < 4.78 is 5.79. The van der Waals surface area contributed by atoms with Crippen molar-refractivity contribution < 1.29 is 14.3 Å². The number of nitrogens with zero attached hydrogens (tertiary/aromatic N) is 2. The summed E-state index contributed by atoms with van der Waals surface area (Å²) in [6.45, 7) is 7.03. The fraction of sp³-hybridized carbons (Fsp3) is 0.417. The molecule has 0 aliphatic carbocycles. The Kier molecular flexibility index (Phi) is 7.71. The fourth-order valence-electron chi connectivity index (χ4n) is 3.73. The van der Waals surface area contributed by atoms with E-state index in [9.17, 15) is 9.59 Å². The number of likely N-dealkylation sites (tertiary alicyclic amines) is 1. The molecule has 1 fully saturated rings. The number of piperidine rings is 1. The van der Waals surface area contributed by atoms with Crippen LogP contribution in [0, 0.1) is 5.92 Å². The summed E-state index contributed by atoms with van der Waals surface area (Å²) in [5.74, 6) is 0.787. The molecule has 0 saturated carbocycles. The minimum atomic E-state index is -0.162. The summed E-state index contributed by atoms with van der Waals surface area (Å²) in [4.78, 5) is 28.9. The minimum absolute atomic E-state index is 0.113. The van der Waals surface area contributed by atoms with E-state index in [1.54, 1.807) is 4.90 Å². The van der Waals surface area contributed by atoms with Crippen molar-refractivity contribution in [3.05, 3.63) is 60.2 Å². The molecule has 160 valence electrons. The van der Waals surface area contributed by atoms with Crippen LogP contribution in [-0.4, -0.2) is 47.9 Å². The lowest BCUT2D eigenvalue weighted by molar-refractivity contribution is -0.136. The van der Waals surface area contributed by atoms with Crippen LogP contribution in [0.25, 0.3) is 0 Å². The summed E-state index contributed by atoms with van der Waals surface area (Å²) in [5.41, 5.74) is 1.82. The number of anilines is 1. The standard InChI is InChI=1S/C24H31N3O3/c1-3-26(4-2)23(28)20-11-8-16-27(17-20)24(29)25-21-12-14-22(15-13-21)30-18-19-9-6-5-7-10-19/h5-7,9-10,12-15,20H,3-4,8,11,16-18H2,1-2H3,(H,25,29). The Morgan fingerprint density at radius 3 is 2.43 bits per heavy atom. The van der Waals surface area contributed by atoms with Crippen molar-refractivity contribution >= 4 is 17.6 Å². The molecule has 0 radical (unpaired) electrons. The molecule has 6 nitrogen and oxygen atoms in total. The lowest BCUT2D eigenvalue weighted by Gasteiger charge is -2.34. The maximum Gasteiger partial charge on any atom is 0.321 e. The van der Waals surface area contributed by atoms with Crippen LogP contribution in [-0.2, 0) is 11.4 Å². The summed E-state index contributed by atoms with van der Waals surface area (Å²) in [5, 5.41) is 2.94. The van der Waals surface area contributed by atoms with Crippen molar-refractivity contribution in [2.45, 2.75) is 33.3 Å². The first-order valence-corrected chi connectivity index (χ1v) is 10.7. The van der Waals surface area contributed by atoms with Crippen LogP contribution >= 0.6 is 0 Å². The van der Waals surface area contributed by atoms with E-state index < -0.39 is 0 Å². The first kappa shape index (κ1) is 21.7. The number of nitrogens with one attached hydrogen (secondary N) is 1. The van der Waals surface area contributed by atoms with Gasteiger partial charge < -0.3 is 19.9 Å². The van der Waals surface area contributed by atoms with Crippen molar-refractivity contribution in [3.63, 3.8) is 0 Å². The van der Waals surface area contributed by atoms with Crippen molar-refractivity contribution in [2.24, 2.45) is 5.92 Å². The molecule has 3 rings (SSSR count). The largest absolute Gasteiger partial charge is 0.489 e. The maximum absolute atomic E-state index is 12.7. The third-order valence-electron chi connectivity index (χ3n) is 5.49. The van der Waals surface area contributed by atoms with Crippen LogP contribution in [0.4, 0.5) is 10.5 Å². The van der Waals surface area contributed by atoms with Gasteiger partial charge in [-0.3, -0.25) is 4.79 Å². The van der Waals surface area contributed by atoms with Crippen molar-refractivity contribution in [1.29, 1.82) is 0 Å². The highest BCUT2D eigenvalue weighted by atomic mass is 16.5. The molecule has 1 atom stereocenters. The van der Waals surface area contributed by atoms with E-state index in [1.807, 2.05) is 73.3 Å². The predicted octanol–water partition coefficient (Wildman–Crippen LogP) is 4.38. The van der Waals surface area contributed by atoms with Crippen LogP contribution in [0.5, 0.6) is 5.75 Å². The minimum Gasteiger partial charge on any atom is -0.489 e. The molecular formula is C24H31N3O3. The second-order valence-corrected chi connectivity index (χ2v) is 7.52. The first-order valence-electron chi connectivity index (χ1n) is 10.7. The molecule has 2 aromatic carbocycles. The average molecular weight is 410 g/mol. The molecule has 1 saturated heterocycles. The Morgan fingerprint density at radius 2 is 1.77 bits per heavy atom. The molecular weight excluding hydrogens is 378 g/mol. The lowest BCUT2D eigenvalue weighted by Crippen LogP contribution is -2.47. The molecule has 1 N–H and O–H groups in total. The molecule has 0 aromatic heterocycles. The molecule has 0 spiro atoms. The fourth-order valence-corrected chi connectivity index (χ4v) is 3.73. The van der Waals surface area contributed by atoms with Crippen molar-refractivity contribution in [3.8, 4) is 5.75 Å². The van der Waals surface area contributed by atoms with Gasteiger partial charge in [-0.2, -0.15) is 0 Å². The number of urea groups is 1. The van der Waals surface area contributed by atoms with Gasteiger partial charge in [0.1, 0.15) is 12.4 Å². The number of benzene rings is 2. The molecule has 1 unspecified atom stereocenters. The molecule has 1 heterocycles. The second kappa shape index (κ2) is 10.7. The van der Waals surface area contributed by atoms with Crippen LogP contribution < -0.4 is 10.1 Å².